The van der Waals surface area contributed by atoms with E-state index < -0.39 is 0 Å². The van der Waals surface area contributed by atoms with E-state index in [1.165, 1.54) is 6.07 Å². The lowest BCUT2D eigenvalue weighted by atomic mass is 9.97. The van der Waals surface area contributed by atoms with Crippen LogP contribution in [0.2, 0.25) is 10.0 Å². The van der Waals surface area contributed by atoms with Gasteiger partial charge in [-0.15, -0.1) is 0 Å². The van der Waals surface area contributed by atoms with Crippen molar-refractivity contribution in [3.05, 3.63) is 67.4 Å². The van der Waals surface area contributed by atoms with Gasteiger partial charge in [0.1, 0.15) is 5.82 Å². The van der Waals surface area contributed by atoms with Crippen LogP contribution < -0.4 is 5.32 Å². The van der Waals surface area contributed by atoms with Crippen LogP contribution in [-0.2, 0) is 0 Å². The largest absolute Gasteiger partial charge is 0.309 e. The number of halogens is 4. The summed E-state index contributed by atoms with van der Waals surface area (Å²) in [5, 5.41) is 4.19. The fraction of sp³-hybridized carbons (Fsp3) is 0.200. The van der Waals surface area contributed by atoms with E-state index in [4.69, 9.17) is 23.2 Å². The molecule has 0 heterocycles. The van der Waals surface area contributed by atoms with Crippen molar-refractivity contribution in [2.24, 2.45) is 0 Å². The van der Waals surface area contributed by atoms with E-state index >= 15 is 0 Å². The summed E-state index contributed by atoms with van der Waals surface area (Å²) < 4.78 is 14.5. The van der Waals surface area contributed by atoms with Crippen LogP contribution in [-0.4, -0.2) is 7.05 Å². The van der Waals surface area contributed by atoms with Gasteiger partial charge in [-0.1, -0.05) is 39.1 Å². The normalized spacial score (nSPS) is 12.5. The van der Waals surface area contributed by atoms with Gasteiger partial charge in [0.25, 0.3) is 0 Å². The minimum atomic E-state index is -0.311. The van der Waals surface area contributed by atoms with E-state index in [0.29, 0.717) is 15.6 Å². The number of hydrogen-bond donors (Lipinski definition) is 1. The summed E-state index contributed by atoms with van der Waals surface area (Å²) in [6.07, 6.45) is 0. The average molecular weight is 377 g/mol. The zero-order chi connectivity index (χ0) is 14.9. The van der Waals surface area contributed by atoms with Crippen LogP contribution in [0.15, 0.2) is 34.8 Å². The van der Waals surface area contributed by atoms with Gasteiger partial charge in [-0.2, -0.15) is 0 Å². The molecule has 0 bridgehead atoms. The molecule has 2 aromatic carbocycles. The Hall–Kier alpha value is -0.610. The second kappa shape index (κ2) is 6.44. The molecule has 0 amide bonds. The van der Waals surface area contributed by atoms with Crippen molar-refractivity contribution in [1.82, 2.24) is 5.32 Å². The maximum Gasteiger partial charge on any atom is 0.127 e. The summed E-state index contributed by atoms with van der Waals surface area (Å²) in [5.41, 5.74) is 2.24. The average Bonchev–Trinajstić information content (AvgIpc) is 2.40. The van der Waals surface area contributed by atoms with Gasteiger partial charge in [0, 0.05) is 14.5 Å². The third kappa shape index (κ3) is 3.17. The van der Waals surface area contributed by atoms with Crippen molar-refractivity contribution in [2.45, 2.75) is 13.0 Å². The highest BCUT2D eigenvalue weighted by Crippen LogP contribution is 2.34. The molecule has 1 unspecified atom stereocenters. The summed E-state index contributed by atoms with van der Waals surface area (Å²) in [7, 11) is 1.82. The Morgan fingerprint density at radius 2 is 1.75 bits per heavy atom. The minimum absolute atomic E-state index is 0.202. The Labute approximate surface area is 136 Å². The Bertz CT molecular complexity index is 646. The predicted octanol–water partition coefficient (Wildman–Crippen LogP) is 5.51. The van der Waals surface area contributed by atoms with Crippen LogP contribution in [0.3, 0.4) is 0 Å². The molecule has 5 heteroatoms. The highest BCUT2D eigenvalue weighted by Gasteiger charge is 2.19. The first-order valence-electron chi connectivity index (χ1n) is 6.01. The molecule has 0 spiro atoms. The molecule has 0 saturated carbocycles. The van der Waals surface area contributed by atoms with Gasteiger partial charge in [0.05, 0.1) is 6.04 Å². The van der Waals surface area contributed by atoms with Crippen molar-refractivity contribution in [1.29, 1.82) is 0 Å². The summed E-state index contributed by atoms with van der Waals surface area (Å²) >= 11 is 15.9. The number of benzene rings is 2. The number of rotatable bonds is 3. The van der Waals surface area contributed by atoms with E-state index in [2.05, 4.69) is 21.2 Å². The van der Waals surface area contributed by atoms with Gasteiger partial charge in [-0.25, -0.2) is 4.39 Å². The molecular formula is C15H13BrCl2FN. The summed E-state index contributed by atoms with van der Waals surface area (Å²) in [6, 6.07) is 8.50. The molecule has 0 aliphatic heterocycles. The fourth-order valence-electron chi connectivity index (χ4n) is 2.12. The van der Waals surface area contributed by atoms with Gasteiger partial charge in [0.2, 0.25) is 0 Å². The van der Waals surface area contributed by atoms with E-state index in [9.17, 15) is 4.39 Å². The first-order valence-corrected chi connectivity index (χ1v) is 7.56. The van der Waals surface area contributed by atoms with E-state index in [1.807, 2.05) is 25.2 Å². The van der Waals surface area contributed by atoms with Crippen LogP contribution in [0, 0.1) is 12.7 Å². The Balaban J connectivity index is 2.58. The lowest BCUT2D eigenvalue weighted by Gasteiger charge is -2.21. The standard InChI is InChI=1S/C15H13BrCl2FN/c1-8-5-10(13(18)7-14(8)19)15(20-2)11-6-9(16)3-4-12(11)17/h3-7,15,20H,1-2H3. The molecular weight excluding hydrogens is 364 g/mol. The van der Waals surface area contributed by atoms with E-state index in [-0.39, 0.29) is 11.9 Å². The first-order chi connectivity index (χ1) is 9.43. The van der Waals surface area contributed by atoms with Crippen LogP contribution in [0.1, 0.15) is 22.7 Å². The van der Waals surface area contributed by atoms with Gasteiger partial charge in [-0.05, 0) is 61.0 Å². The fourth-order valence-corrected chi connectivity index (χ4v) is 2.98. The SMILES string of the molecule is CNC(c1cc(Br)ccc1Cl)c1cc(C)c(F)cc1Cl. The molecule has 106 valence electrons. The Morgan fingerprint density at radius 1 is 1.10 bits per heavy atom. The van der Waals surface area contributed by atoms with Crippen molar-refractivity contribution < 1.29 is 4.39 Å². The predicted molar refractivity (Wildman–Crippen MR) is 86.2 cm³/mol. The first kappa shape index (κ1) is 15.8. The lowest BCUT2D eigenvalue weighted by Crippen LogP contribution is -2.19. The molecule has 0 aliphatic rings. The molecule has 0 aromatic heterocycles. The Kier molecular flexibility index (Phi) is 5.08. The second-order valence-corrected chi connectivity index (χ2v) is 6.24. The van der Waals surface area contributed by atoms with Crippen molar-refractivity contribution in [2.75, 3.05) is 7.05 Å². The molecule has 1 N–H and O–H groups in total. The van der Waals surface area contributed by atoms with Gasteiger partial charge < -0.3 is 5.32 Å². The van der Waals surface area contributed by atoms with Gasteiger partial charge in [0.15, 0.2) is 0 Å². The molecule has 1 atom stereocenters. The van der Waals surface area contributed by atoms with Gasteiger partial charge in [-0.3, -0.25) is 0 Å². The molecule has 0 fully saturated rings. The zero-order valence-electron chi connectivity index (χ0n) is 11.0. The molecule has 0 saturated heterocycles. The van der Waals surface area contributed by atoms with Crippen LogP contribution in [0.5, 0.6) is 0 Å². The Morgan fingerprint density at radius 3 is 2.40 bits per heavy atom. The minimum Gasteiger partial charge on any atom is -0.309 e. The van der Waals surface area contributed by atoms with Crippen molar-refractivity contribution in [3.63, 3.8) is 0 Å². The molecule has 2 aromatic rings. The molecule has 0 aliphatic carbocycles. The van der Waals surface area contributed by atoms with Crippen LogP contribution in [0.25, 0.3) is 0 Å². The summed E-state index contributed by atoms with van der Waals surface area (Å²) in [4.78, 5) is 0. The maximum absolute atomic E-state index is 13.5. The monoisotopic (exact) mass is 375 g/mol. The third-order valence-corrected chi connectivity index (χ3v) is 4.31. The number of hydrogen-bond acceptors (Lipinski definition) is 1. The zero-order valence-corrected chi connectivity index (χ0v) is 14.1. The second-order valence-electron chi connectivity index (χ2n) is 4.51. The maximum atomic E-state index is 13.5. The molecule has 20 heavy (non-hydrogen) atoms. The van der Waals surface area contributed by atoms with E-state index in [0.717, 1.165) is 15.6 Å². The highest BCUT2D eigenvalue weighted by molar-refractivity contribution is 9.10. The van der Waals surface area contributed by atoms with Crippen LogP contribution >= 0.6 is 39.1 Å². The topological polar surface area (TPSA) is 12.0 Å². The number of aryl methyl sites for hydroxylation is 1. The smallest absolute Gasteiger partial charge is 0.127 e. The van der Waals surface area contributed by atoms with E-state index in [1.54, 1.807) is 13.0 Å². The van der Waals surface area contributed by atoms with Crippen molar-refractivity contribution >= 4 is 39.1 Å². The molecule has 1 nitrogen and oxygen atoms in total. The lowest BCUT2D eigenvalue weighted by molar-refractivity contribution is 0.614. The van der Waals surface area contributed by atoms with Gasteiger partial charge >= 0.3 is 0 Å². The number of nitrogens with one attached hydrogen (secondary N) is 1. The third-order valence-electron chi connectivity index (χ3n) is 3.15. The van der Waals surface area contributed by atoms with Crippen molar-refractivity contribution in [3.8, 4) is 0 Å². The molecule has 0 radical (unpaired) electrons. The summed E-state index contributed by atoms with van der Waals surface area (Å²) in [5.74, 6) is -0.311. The summed E-state index contributed by atoms with van der Waals surface area (Å²) in [6.45, 7) is 1.71. The quantitative estimate of drug-likeness (QED) is 0.744. The highest BCUT2D eigenvalue weighted by atomic mass is 79.9. The molecule has 2 rings (SSSR count). The van der Waals surface area contributed by atoms with Crippen LogP contribution in [0.4, 0.5) is 4.39 Å².